The second-order valence-electron chi connectivity index (χ2n) is 5.44. The monoisotopic (exact) mass is 498 g/mol. The highest BCUT2D eigenvalue weighted by molar-refractivity contribution is 9.10. The molecule has 0 heterocycles. The van der Waals surface area contributed by atoms with Gasteiger partial charge in [0.1, 0.15) is 0 Å². The zero-order valence-corrected chi connectivity index (χ0v) is 17.8. The summed E-state index contributed by atoms with van der Waals surface area (Å²) < 4.78 is 21.7. The Morgan fingerprint density at radius 3 is 2.08 bits per heavy atom. The topological polar surface area (TPSA) is 89.3 Å². The molecule has 26 heavy (non-hydrogen) atoms. The molecule has 140 valence electrons. The first-order chi connectivity index (χ1) is 12.0. The number of hydrogen-bond acceptors (Lipinski definition) is 4. The highest BCUT2D eigenvalue weighted by Gasteiger charge is 2.34. The number of primary sulfonamides is 1. The first-order valence-corrected chi connectivity index (χ1v) is 10.7. The molecule has 2 aromatic carbocycles. The zero-order chi connectivity index (χ0) is 19.5. The summed E-state index contributed by atoms with van der Waals surface area (Å²) in [5.41, 5.74) is 0.969. The average Bonchev–Trinajstić information content (AvgIpc) is 2.53. The van der Waals surface area contributed by atoms with Crippen molar-refractivity contribution in [2.24, 2.45) is 5.14 Å². The third-order valence-corrected chi connectivity index (χ3v) is 5.72. The molecule has 2 rings (SSSR count). The van der Waals surface area contributed by atoms with Gasteiger partial charge < -0.3 is 5.32 Å². The Morgan fingerprint density at radius 1 is 1.08 bits per heavy atom. The van der Waals surface area contributed by atoms with Crippen LogP contribution in [0.25, 0.3) is 0 Å². The van der Waals surface area contributed by atoms with Crippen molar-refractivity contribution < 1.29 is 13.2 Å². The van der Waals surface area contributed by atoms with Crippen LogP contribution >= 0.6 is 50.7 Å². The number of Topliss-reactive ketones (excluding diaryl/α,β-unsaturated/α-hetero) is 1. The molecule has 0 saturated heterocycles. The van der Waals surface area contributed by atoms with Crippen LogP contribution in [-0.2, 0) is 10.0 Å². The van der Waals surface area contributed by atoms with Crippen molar-refractivity contribution in [1.82, 2.24) is 0 Å². The van der Waals surface area contributed by atoms with Gasteiger partial charge in [-0.2, -0.15) is 0 Å². The third-order valence-electron chi connectivity index (χ3n) is 3.47. The molecule has 0 amide bonds. The summed E-state index contributed by atoms with van der Waals surface area (Å²) in [5.74, 6) is -0.206. The maximum absolute atomic E-state index is 12.5. The number of halogens is 4. The lowest BCUT2D eigenvalue weighted by molar-refractivity contribution is 0.0977. The standard InChI is InChI=1S/C16H14BrCl3N2O3S/c17-11-3-1-10(2-4-11)14(23)9-15(16(18,19)20)22-12-5-7-13(8-6-12)26(21,24)25/h1-8,15,22H,9H2,(H2,21,24,25). The number of hydrogen-bond donors (Lipinski definition) is 2. The normalized spacial score (nSPS) is 13.3. The molecule has 0 fully saturated rings. The molecule has 10 heteroatoms. The van der Waals surface area contributed by atoms with Gasteiger partial charge in [-0.15, -0.1) is 0 Å². The van der Waals surface area contributed by atoms with Gasteiger partial charge in [0.25, 0.3) is 0 Å². The van der Waals surface area contributed by atoms with Crippen molar-refractivity contribution >= 4 is 72.2 Å². The number of alkyl halides is 3. The molecule has 0 saturated carbocycles. The van der Waals surface area contributed by atoms with E-state index in [0.29, 0.717) is 11.3 Å². The Kier molecular flexibility index (Phi) is 6.98. The predicted molar refractivity (Wildman–Crippen MR) is 109 cm³/mol. The quantitative estimate of drug-likeness (QED) is 0.451. The third kappa shape index (κ3) is 6.11. The fraction of sp³-hybridized carbons (Fsp3) is 0.188. The summed E-state index contributed by atoms with van der Waals surface area (Å²) in [6, 6.07) is 11.6. The zero-order valence-electron chi connectivity index (χ0n) is 13.1. The van der Waals surface area contributed by atoms with Crippen LogP contribution < -0.4 is 10.5 Å². The molecule has 1 atom stereocenters. The number of carbonyl (C=O) groups excluding carboxylic acids is 1. The summed E-state index contributed by atoms with van der Waals surface area (Å²) in [6.45, 7) is 0. The molecule has 0 aliphatic heterocycles. The van der Waals surface area contributed by atoms with E-state index in [0.717, 1.165) is 4.47 Å². The first kappa shape index (κ1) is 21.5. The van der Waals surface area contributed by atoms with E-state index < -0.39 is 19.9 Å². The van der Waals surface area contributed by atoms with E-state index in [1.807, 2.05) is 0 Å². The smallest absolute Gasteiger partial charge is 0.238 e. The van der Waals surface area contributed by atoms with Gasteiger partial charge in [0.05, 0.1) is 10.9 Å². The minimum Gasteiger partial charge on any atom is -0.378 e. The van der Waals surface area contributed by atoms with Crippen molar-refractivity contribution in [2.75, 3.05) is 5.32 Å². The van der Waals surface area contributed by atoms with Gasteiger partial charge in [-0.3, -0.25) is 4.79 Å². The Balaban J connectivity index is 2.17. The number of anilines is 1. The molecular formula is C16H14BrCl3N2O3S. The summed E-state index contributed by atoms with van der Waals surface area (Å²) in [5, 5.41) is 8.01. The van der Waals surface area contributed by atoms with Gasteiger partial charge in [0, 0.05) is 22.1 Å². The minimum atomic E-state index is -3.80. The first-order valence-electron chi connectivity index (χ1n) is 7.22. The van der Waals surface area contributed by atoms with E-state index in [1.165, 1.54) is 24.3 Å². The lowest BCUT2D eigenvalue weighted by atomic mass is 10.0. The highest BCUT2D eigenvalue weighted by atomic mass is 79.9. The summed E-state index contributed by atoms with van der Waals surface area (Å²) >= 11 is 21.3. The van der Waals surface area contributed by atoms with Crippen LogP contribution in [0.15, 0.2) is 57.9 Å². The number of carbonyl (C=O) groups is 1. The molecule has 0 aliphatic carbocycles. The number of ketones is 1. The van der Waals surface area contributed by atoms with E-state index in [-0.39, 0.29) is 17.1 Å². The van der Waals surface area contributed by atoms with E-state index >= 15 is 0 Å². The fourth-order valence-electron chi connectivity index (χ4n) is 2.13. The van der Waals surface area contributed by atoms with Crippen molar-refractivity contribution in [3.05, 3.63) is 58.6 Å². The highest BCUT2D eigenvalue weighted by Crippen LogP contribution is 2.35. The molecule has 0 aromatic heterocycles. The van der Waals surface area contributed by atoms with Crippen molar-refractivity contribution in [3.63, 3.8) is 0 Å². The van der Waals surface area contributed by atoms with E-state index in [1.54, 1.807) is 24.3 Å². The Labute approximate surface area is 175 Å². The lowest BCUT2D eigenvalue weighted by Gasteiger charge is -2.26. The van der Waals surface area contributed by atoms with Crippen LogP contribution in [0.5, 0.6) is 0 Å². The van der Waals surface area contributed by atoms with Gasteiger partial charge in [0.15, 0.2) is 5.78 Å². The molecule has 5 nitrogen and oxygen atoms in total. The SMILES string of the molecule is NS(=O)(=O)c1ccc(NC(CC(=O)c2ccc(Br)cc2)C(Cl)(Cl)Cl)cc1. The van der Waals surface area contributed by atoms with Crippen molar-refractivity contribution in [3.8, 4) is 0 Å². The summed E-state index contributed by atoms with van der Waals surface area (Å²) in [7, 11) is -3.80. The van der Waals surface area contributed by atoms with E-state index in [2.05, 4.69) is 21.2 Å². The van der Waals surface area contributed by atoms with Crippen molar-refractivity contribution in [1.29, 1.82) is 0 Å². The van der Waals surface area contributed by atoms with Crippen LogP contribution in [0.4, 0.5) is 5.69 Å². The van der Waals surface area contributed by atoms with Crippen LogP contribution in [0.3, 0.4) is 0 Å². The number of nitrogens with one attached hydrogen (secondary N) is 1. The van der Waals surface area contributed by atoms with E-state index in [4.69, 9.17) is 39.9 Å². The van der Waals surface area contributed by atoms with Gasteiger partial charge >= 0.3 is 0 Å². The fourth-order valence-corrected chi connectivity index (χ4v) is 3.30. The molecule has 0 aliphatic rings. The largest absolute Gasteiger partial charge is 0.378 e. The van der Waals surface area contributed by atoms with Crippen LogP contribution in [-0.4, -0.2) is 24.0 Å². The molecule has 3 N–H and O–H groups in total. The molecule has 0 bridgehead atoms. The van der Waals surface area contributed by atoms with Crippen LogP contribution in [0.1, 0.15) is 16.8 Å². The summed E-state index contributed by atoms with van der Waals surface area (Å²) in [6.07, 6.45) is -0.0743. The van der Waals surface area contributed by atoms with Gasteiger partial charge in [-0.05, 0) is 36.4 Å². The molecular weight excluding hydrogens is 487 g/mol. The van der Waals surface area contributed by atoms with Gasteiger partial charge in [-0.1, -0.05) is 62.9 Å². The van der Waals surface area contributed by atoms with Crippen molar-refractivity contribution in [2.45, 2.75) is 21.2 Å². The molecule has 2 aromatic rings. The lowest BCUT2D eigenvalue weighted by Crippen LogP contribution is -2.36. The Bertz CT molecular complexity index is 882. The van der Waals surface area contributed by atoms with Gasteiger partial charge in [-0.25, -0.2) is 13.6 Å². The maximum atomic E-state index is 12.5. The molecule has 1 unspecified atom stereocenters. The number of nitrogens with two attached hydrogens (primary N) is 1. The maximum Gasteiger partial charge on any atom is 0.238 e. The second kappa shape index (κ2) is 8.46. The number of rotatable bonds is 6. The Morgan fingerprint density at radius 2 is 1.62 bits per heavy atom. The number of benzene rings is 2. The summed E-state index contributed by atoms with van der Waals surface area (Å²) in [4.78, 5) is 12.4. The minimum absolute atomic E-state index is 0.0422. The van der Waals surface area contributed by atoms with E-state index in [9.17, 15) is 13.2 Å². The Hall–Kier alpha value is -0.830. The average molecular weight is 501 g/mol. The van der Waals surface area contributed by atoms with Gasteiger partial charge in [0.2, 0.25) is 13.8 Å². The van der Waals surface area contributed by atoms with Crippen LogP contribution in [0, 0.1) is 0 Å². The number of sulfonamides is 1. The van der Waals surface area contributed by atoms with Crippen LogP contribution in [0.2, 0.25) is 0 Å². The predicted octanol–water partition coefficient (Wildman–Crippen LogP) is 4.52. The second-order valence-corrected chi connectivity index (χ2v) is 10.3. The molecule has 0 radical (unpaired) electrons. The molecule has 0 spiro atoms.